The summed E-state index contributed by atoms with van der Waals surface area (Å²) in [6, 6.07) is 7.21. The van der Waals surface area contributed by atoms with E-state index in [-0.39, 0.29) is 0 Å². The van der Waals surface area contributed by atoms with Gasteiger partial charge in [-0.15, -0.1) is 0 Å². The maximum atomic E-state index is 5.50. The molecule has 1 unspecified atom stereocenters. The molecule has 1 aromatic carbocycles. The van der Waals surface area contributed by atoms with Gasteiger partial charge in [0, 0.05) is 17.1 Å². The molecular formula is C16H22BrNO. The first-order valence-electron chi connectivity index (χ1n) is 6.88. The molecule has 0 amide bonds. The van der Waals surface area contributed by atoms with E-state index in [1.54, 1.807) is 0 Å². The van der Waals surface area contributed by atoms with Crippen LogP contribution in [0, 0.1) is 0 Å². The number of fused-ring (bicyclic) bond motifs is 1. The summed E-state index contributed by atoms with van der Waals surface area (Å²) in [5, 5.41) is 3.58. The predicted octanol–water partition coefficient (Wildman–Crippen LogP) is 3.49. The average Bonchev–Trinajstić information content (AvgIpc) is 2.38. The van der Waals surface area contributed by atoms with Gasteiger partial charge in [0.2, 0.25) is 0 Å². The van der Waals surface area contributed by atoms with Crippen LogP contribution in [0.5, 0.6) is 0 Å². The van der Waals surface area contributed by atoms with Crippen LogP contribution in [0.2, 0.25) is 0 Å². The highest BCUT2D eigenvalue weighted by Gasteiger charge is 2.17. The lowest BCUT2D eigenvalue weighted by Gasteiger charge is -2.25. The lowest BCUT2D eigenvalue weighted by atomic mass is 9.88. The maximum Gasteiger partial charge on any atom is 0.0672 e. The molecule has 2 nitrogen and oxygen atoms in total. The highest BCUT2D eigenvalue weighted by molar-refractivity contribution is 9.10. The Kier molecular flexibility index (Phi) is 5.61. The second-order valence-electron chi connectivity index (χ2n) is 5.32. The van der Waals surface area contributed by atoms with Crippen LogP contribution in [0.25, 0.3) is 0 Å². The third-order valence-electron chi connectivity index (χ3n) is 3.42. The van der Waals surface area contributed by atoms with Gasteiger partial charge in [-0.3, -0.25) is 0 Å². The van der Waals surface area contributed by atoms with E-state index in [2.05, 4.69) is 46.0 Å². The fourth-order valence-corrected chi connectivity index (χ4v) is 2.89. The summed E-state index contributed by atoms with van der Waals surface area (Å²) in [6.45, 7) is 8.17. The number of benzene rings is 1. The molecule has 1 aliphatic carbocycles. The molecule has 0 bridgehead atoms. The number of halogens is 1. The molecule has 0 fully saturated rings. The van der Waals surface area contributed by atoms with Gasteiger partial charge in [0.1, 0.15) is 0 Å². The van der Waals surface area contributed by atoms with Crippen LogP contribution in [0.3, 0.4) is 0 Å². The zero-order valence-corrected chi connectivity index (χ0v) is 13.1. The van der Waals surface area contributed by atoms with Crippen molar-refractivity contribution in [2.75, 3.05) is 19.8 Å². The van der Waals surface area contributed by atoms with Crippen LogP contribution >= 0.6 is 15.9 Å². The molecule has 19 heavy (non-hydrogen) atoms. The van der Waals surface area contributed by atoms with Crippen LogP contribution < -0.4 is 5.32 Å². The number of rotatable bonds is 6. The first kappa shape index (κ1) is 14.8. The Morgan fingerprint density at radius 1 is 1.47 bits per heavy atom. The zero-order valence-electron chi connectivity index (χ0n) is 11.5. The monoisotopic (exact) mass is 323 g/mol. The van der Waals surface area contributed by atoms with E-state index >= 15 is 0 Å². The van der Waals surface area contributed by atoms with Crippen molar-refractivity contribution in [3.05, 3.63) is 46.0 Å². The number of nitrogens with one attached hydrogen (secondary N) is 1. The van der Waals surface area contributed by atoms with Crippen molar-refractivity contribution in [1.29, 1.82) is 0 Å². The smallest absolute Gasteiger partial charge is 0.0672 e. The van der Waals surface area contributed by atoms with E-state index < -0.39 is 0 Å². The van der Waals surface area contributed by atoms with Crippen molar-refractivity contribution < 1.29 is 4.74 Å². The lowest BCUT2D eigenvalue weighted by molar-refractivity contribution is 0.154. The van der Waals surface area contributed by atoms with Gasteiger partial charge in [-0.25, -0.2) is 0 Å². The van der Waals surface area contributed by atoms with Crippen molar-refractivity contribution in [3.63, 3.8) is 0 Å². The molecule has 1 aromatic rings. The van der Waals surface area contributed by atoms with E-state index in [1.807, 2.05) is 6.92 Å². The average molecular weight is 324 g/mol. The van der Waals surface area contributed by atoms with Gasteiger partial charge in [-0.1, -0.05) is 34.1 Å². The summed E-state index contributed by atoms with van der Waals surface area (Å²) in [5.41, 5.74) is 4.05. The largest absolute Gasteiger partial charge is 0.376 e. The van der Waals surface area contributed by atoms with Crippen molar-refractivity contribution in [1.82, 2.24) is 5.32 Å². The summed E-state index contributed by atoms with van der Waals surface area (Å²) in [7, 11) is 0. The molecule has 0 saturated heterocycles. The van der Waals surface area contributed by atoms with Gasteiger partial charge in [0.15, 0.2) is 0 Å². The summed E-state index contributed by atoms with van der Waals surface area (Å²) in [6.07, 6.45) is 3.51. The Bertz CT molecular complexity index is 444. The van der Waals surface area contributed by atoms with E-state index in [9.17, 15) is 0 Å². The minimum absolute atomic E-state index is 0.585. The van der Waals surface area contributed by atoms with Crippen LogP contribution in [-0.4, -0.2) is 25.8 Å². The summed E-state index contributed by atoms with van der Waals surface area (Å²) >= 11 is 3.54. The minimum Gasteiger partial charge on any atom is -0.376 e. The van der Waals surface area contributed by atoms with E-state index in [0.29, 0.717) is 12.6 Å². The summed E-state index contributed by atoms with van der Waals surface area (Å²) in [4.78, 5) is 0. The molecule has 1 aliphatic rings. The third kappa shape index (κ3) is 4.75. The molecule has 0 aromatic heterocycles. The Hall–Kier alpha value is -0.640. The molecule has 1 N–H and O–H groups in total. The number of ether oxygens (including phenoxy) is 1. The number of hydrogen-bond donors (Lipinski definition) is 1. The Labute approximate surface area is 124 Å². The second-order valence-corrected chi connectivity index (χ2v) is 6.23. The molecule has 3 heteroatoms. The minimum atomic E-state index is 0.585. The Morgan fingerprint density at radius 2 is 2.32 bits per heavy atom. The molecule has 0 saturated carbocycles. The lowest BCUT2D eigenvalue weighted by Crippen LogP contribution is -2.36. The van der Waals surface area contributed by atoms with E-state index in [1.165, 1.54) is 28.4 Å². The van der Waals surface area contributed by atoms with Crippen LogP contribution in [-0.2, 0) is 17.6 Å². The quantitative estimate of drug-likeness (QED) is 0.639. The van der Waals surface area contributed by atoms with Crippen molar-refractivity contribution in [2.45, 2.75) is 32.2 Å². The van der Waals surface area contributed by atoms with Gasteiger partial charge in [0.25, 0.3) is 0 Å². The molecule has 0 spiro atoms. The highest BCUT2D eigenvalue weighted by atomic mass is 79.9. The van der Waals surface area contributed by atoms with Gasteiger partial charge < -0.3 is 10.1 Å². The molecule has 0 heterocycles. The molecular weight excluding hydrogens is 302 g/mol. The first-order chi connectivity index (χ1) is 9.15. The van der Waals surface area contributed by atoms with Gasteiger partial charge in [-0.05, 0) is 49.4 Å². The second kappa shape index (κ2) is 7.22. The zero-order chi connectivity index (χ0) is 13.7. The molecule has 0 aliphatic heterocycles. The standard InChI is InChI=1S/C16H22BrNO/c1-12(2)11-19-8-7-18-16-6-4-13-9-15(17)5-3-14(13)10-16/h3,5,9,16,18H,1,4,6-8,10-11H2,2H3. The fourth-order valence-electron chi connectivity index (χ4n) is 2.48. The van der Waals surface area contributed by atoms with Gasteiger partial charge in [-0.2, -0.15) is 0 Å². The van der Waals surface area contributed by atoms with Gasteiger partial charge in [0.05, 0.1) is 13.2 Å². The molecule has 104 valence electrons. The summed E-state index contributed by atoms with van der Waals surface area (Å²) < 4.78 is 6.69. The van der Waals surface area contributed by atoms with E-state index in [0.717, 1.165) is 25.1 Å². The van der Waals surface area contributed by atoms with Crippen LogP contribution in [0.1, 0.15) is 24.5 Å². The number of hydrogen-bond acceptors (Lipinski definition) is 2. The number of aryl methyl sites for hydroxylation is 1. The predicted molar refractivity (Wildman–Crippen MR) is 83.6 cm³/mol. The van der Waals surface area contributed by atoms with Crippen molar-refractivity contribution in [3.8, 4) is 0 Å². The normalized spacial score (nSPS) is 18.1. The van der Waals surface area contributed by atoms with E-state index in [4.69, 9.17) is 4.74 Å². The molecule has 1 atom stereocenters. The van der Waals surface area contributed by atoms with Crippen molar-refractivity contribution in [2.24, 2.45) is 0 Å². The van der Waals surface area contributed by atoms with Gasteiger partial charge >= 0.3 is 0 Å². The SMILES string of the molecule is C=C(C)COCCNC1CCc2cc(Br)ccc2C1. The summed E-state index contributed by atoms with van der Waals surface area (Å²) in [5.74, 6) is 0. The van der Waals surface area contributed by atoms with Crippen molar-refractivity contribution >= 4 is 15.9 Å². The molecule has 0 radical (unpaired) electrons. The topological polar surface area (TPSA) is 21.3 Å². The fraction of sp³-hybridized carbons (Fsp3) is 0.500. The maximum absolute atomic E-state index is 5.50. The highest BCUT2D eigenvalue weighted by Crippen LogP contribution is 2.24. The van der Waals surface area contributed by atoms with Crippen LogP contribution in [0.15, 0.2) is 34.8 Å². The van der Waals surface area contributed by atoms with Crippen LogP contribution in [0.4, 0.5) is 0 Å². The Balaban J connectivity index is 1.73. The molecule has 2 rings (SSSR count). The Morgan fingerprint density at radius 3 is 3.11 bits per heavy atom. The third-order valence-corrected chi connectivity index (χ3v) is 3.92. The first-order valence-corrected chi connectivity index (χ1v) is 7.67.